The van der Waals surface area contributed by atoms with Crippen LogP contribution in [0.25, 0.3) is 0 Å². The van der Waals surface area contributed by atoms with Gasteiger partial charge in [0, 0.05) is 32.2 Å². The van der Waals surface area contributed by atoms with Gasteiger partial charge in [0.25, 0.3) is 0 Å². The van der Waals surface area contributed by atoms with Crippen LogP contribution in [0.15, 0.2) is 36.8 Å². The third-order valence-electron chi connectivity index (χ3n) is 3.76. The Kier molecular flexibility index (Phi) is 4.69. The number of aryl methyl sites for hydroxylation is 1. The van der Waals surface area contributed by atoms with Gasteiger partial charge in [-0.05, 0) is 24.1 Å². The monoisotopic (exact) mass is 339 g/mol. The van der Waals surface area contributed by atoms with Crippen LogP contribution in [0.2, 0.25) is 0 Å². The summed E-state index contributed by atoms with van der Waals surface area (Å²) in [6.07, 6.45) is 6.20. The van der Waals surface area contributed by atoms with Gasteiger partial charge in [-0.2, -0.15) is 10.1 Å². The first-order valence-corrected chi connectivity index (χ1v) is 7.68. The maximum absolute atomic E-state index is 13.7. The molecule has 25 heavy (non-hydrogen) atoms. The van der Waals surface area contributed by atoms with E-state index < -0.39 is 0 Å². The number of hydrogen-bond acceptors (Lipinski definition) is 6. The van der Waals surface area contributed by atoms with E-state index in [2.05, 4.69) is 25.7 Å². The minimum atomic E-state index is -0.242. The summed E-state index contributed by atoms with van der Waals surface area (Å²) in [5.74, 6) is 0.644. The van der Waals surface area contributed by atoms with E-state index in [4.69, 9.17) is 5.41 Å². The van der Waals surface area contributed by atoms with Crippen molar-refractivity contribution in [2.45, 2.75) is 13.5 Å². The molecular formula is C17H18FN7. The van der Waals surface area contributed by atoms with Gasteiger partial charge in [0.05, 0.1) is 17.4 Å². The second kappa shape index (κ2) is 7.08. The van der Waals surface area contributed by atoms with Gasteiger partial charge in [-0.3, -0.25) is 4.68 Å². The van der Waals surface area contributed by atoms with E-state index >= 15 is 0 Å². The lowest BCUT2D eigenvalue weighted by atomic mass is 10.1. The Morgan fingerprint density at radius 1 is 1.32 bits per heavy atom. The van der Waals surface area contributed by atoms with E-state index in [0.717, 1.165) is 11.3 Å². The first kappa shape index (κ1) is 16.6. The van der Waals surface area contributed by atoms with Crippen LogP contribution in [0.4, 0.5) is 21.8 Å². The summed E-state index contributed by atoms with van der Waals surface area (Å²) in [6, 6.07) is 4.96. The highest BCUT2D eigenvalue weighted by molar-refractivity contribution is 5.84. The van der Waals surface area contributed by atoms with Crippen LogP contribution < -0.4 is 10.6 Å². The fourth-order valence-electron chi connectivity index (χ4n) is 2.34. The van der Waals surface area contributed by atoms with Gasteiger partial charge in [0.1, 0.15) is 11.6 Å². The third kappa shape index (κ3) is 3.79. The minimum absolute atomic E-state index is 0.242. The molecule has 2 aromatic heterocycles. The Morgan fingerprint density at radius 3 is 2.88 bits per heavy atom. The van der Waals surface area contributed by atoms with Crippen LogP contribution in [-0.4, -0.2) is 26.0 Å². The van der Waals surface area contributed by atoms with Crippen molar-refractivity contribution in [1.82, 2.24) is 19.7 Å². The Bertz CT molecular complexity index is 904. The highest BCUT2D eigenvalue weighted by atomic mass is 19.1. The van der Waals surface area contributed by atoms with E-state index in [-0.39, 0.29) is 5.82 Å². The molecule has 0 aliphatic carbocycles. The van der Waals surface area contributed by atoms with E-state index in [9.17, 15) is 4.39 Å². The van der Waals surface area contributed by atoms with Gasteiger partial charge in [0.2, 0.25) is 5.95 Å². The molecule has 0 aliphatic rings. The molecule has 0 saturated carbocycles. The molecule has 0 bridgehead atoms. The van der Waals surface area contributed by atoms with Crippen molar-refractivity contribution in [3.8, 4) is 0 Å². The molecule has 1 aromatic carbocycles. The Balaban J connectivity index is 1.80. The van der Waals surface area contributed by atoms with Crippen LogP contribution in [-0.2, 0) is 13.6 Å². The lowest BCUT2D eigenvalue weighted by Gasteiger charge is -2.12. The summed E-state index contributed by atoms with van der Waals surface area (Å²) < 4.78 is 15.3. The van der Waals surface area contributed by atoms with Gasteiger partial charge in [-0.15, -0.1) is 0 Å². The van der Waals surface area contributed by atoms with Crippen LogP contribution in [0, 0.1) is 18.2 Å². The molecule has 8 heteroatoms. The van der Waals surface area contributed by atoms with Gasteiger partial charge in [0.15, 0.2) is 0 Å². The van der Waals surface area contributed by atoms with Gasteiger partial charge in [-0.25, -0.2) is 9.37 Å². The van der Waals surface area contributed by atoms with Crippen molar-refractivity contribution in [2.75, 3.05) is 10.6 Å². The van der Waals surface area contributed by atoms with E-state index in [1.165, 1.54) is 12.3 Å². The molecule has 0 spiro atoms. The molecular weight excluding hydrogens is 321 g/mol. The Hall–Kier alpha value is -3.29. The summed E-state index contributed by atoms with van der Waals surface area (Å²) >= 11 is 0. The molecule has 0 unspecified atom stereocenters. The topological polar surface area (TPSA) is 91.5 Å². The van der Waals surface area contributed by atoms with Gasteiger partial charge < -0.3 is 16.0 Å². The van der Waals surface area contributed by atoms with Crippen molar-refractivity contribution in [3.05, 3.63) is 59.3 Å². The smallest absolute Gasteiger partial charge is 0.229 e. The molecule has 3 N–H and O–H groups in total. The van der Waals surface area contributed by atoms with Crippen LogP contribution in [0.1, 0.15) is 16.7 Å². The fourth-order valence-corrected chi connectivity index (χ4v) is 2.34. The van der Waals surface area contributed by atoms with Crippen molar-refractivity contribution in [1.29, 1.82) is 5.41 Å². The zero-order valence-electron chi connectivity index (χ0n) is 13.9. The number of aromatic nitrogens is 4. The zero-order chi connectivity index (χ0) is 17.8. The maximum Gasteiger partial charge on any atom is 0.229 e. The average Bonchev–Trinajstić information content (AvgIpc) is 3.01. The summed E-state index contributed by atoms with van der Waals surface area (Å²) in [7, 11) is 1.82. The fraction of sp³-hybridized carbons (Fsp3) is 0.176. The number of benzene rings is 1. The molecule has 0 aliphatic heterocycles. The number of halogens is 1. The predicted octanol–water partition coefficient (Wildman–Crippen LogP) is 3.01. The van der Waals surface area contributed by atoms with Gasteiger partial charge in [-0.1, -0.05) is 12.1 Å². The predicted molar refractivity (Wildman–Crippen MR) is 94.9 cm³/mol. The quantitative estimate of drug-likeness (QED) is 0.601. The Morgan fingerprint density at radius 2 is 2.16 bits per heavy atom. The second-order valence-corrected chi connectivity index (χ2v) is 5.55. The number of hydrogen-bond donors (Lipinski definition) is 3. The standard InChI is InChI=1S/C17H18FN7/c1-11-12(4-3-5-15(11)18)7-20-16-13(6-19)8-21-17(24-16)23-14-9-22-25(2)10-14/h3-6,8-10,19H,7H2,1-2H3,(H2,20,21,23,24). The van der Waals surface area contributed by atoms with Crippen molar-refractivity contribution >= 4 is 23.7 Å². The van der Waals surface area contributed by atoms with E-state index in [1.54, 1.807) is 36.3 Å². The van der Waals surface area contributed by atoms with Crippen molar-refractivity contribution in [2.24, 2.45) is 7.05 Å². The zero-order valence-corrected chi connectivity index (χ0v) is 13.9. The van der Waals surface area contributed by atoms with Crippen LogP contribution in [0.5, 0.6) is 0 Å². The first-order chi connectivity index (χ1) is 12.1. The molecule has 0 saturated heterocycles. The molecule has 128 valence electrons. The molecule has 0 atom stereocenters. The molecule has 3 rings (SSSR count). The largest absolute Gasteiger partial charge is 0.365 e. The summed E-state index contributed by atoms with van der Waals surface area (Å²) in [4.78, 5) is 8.59. The summed E-state index contributed by atoms with van der Waals surface area (Å²) in [6.45, 7) is 2.13. The van der Waals surface area contributed by atoms with Gasteiger partial charge >= 0.3 is 0 Å². The molecule has 0 radical (unpaired) electrons. The van der Waals surface area contributed by atoms with E-state index in [1.807, 2.05) is 13.1 Å². The molecule has 0 fully saturated rings. The lowest BCUT2D eigenvalue weighted by Crippen LogP contribution is -2.08. The first-order valence-electron chi connectivity index (χ1n) is 7.68. The highest BCUT2D eigenvalue weighted by Crippen LogP contribution is 2.18. The van der Waals surface area contributed by atoms with Crippen molar-refractivity contribution < 1.29 is 4.39 Å². The molecule has 3 aromatic rings. The summed E-state index contributed by atoms with van der Waals surface area (Å²) in [5, 5.41) is 17.8. The number of anilines is 3. The normalized spacial score (nSPS) is 10.5. The molecule has 7 nitrogen and oxygen atoms in total. The SMILES string of the molecule is Cc1c(F)cccc1CNc1nc(Nc2cnn(C)c2)ncc1C=N. The summed E-state index contributed by atoms with van der Waals surface area (Å²) in [5.41, 5.74) is 2.73. The Labute approximate surface area is 144 Å². The van der Waals surface area contributed by atoms with Crippen LogP contribution in [0.3, 0.4) is 0 Å². The number of nitrogens with zero attached hydrogens (tertiary/aromatic N) is 4. The lowest BCUT2D eigenvalue weighted by molar-refractivity contribution is 0.616. The third-order valence-corrected chi connectivity index (χ3v) is 3.76. The highest BCUT2D eigenvalue weighted by Gasteiger charge is 2.08. The number of rotatable bonds is 6. The van der Waals surface area contributed by atoms with Crippen molar-refractivity contribution in [3.63, 3.8) is 0 Å². The number of nitrogens with one attached hydrogen (secondary N) is 3. The minimum Gasteiger partial charge on any atom is -0.365 e. The molecule has 0 amide bonds. The van der Waals surface area contributed by atoms with E-state index in [0.29, 0.717) is 29.4 Å². The second-order valence-electron chi connectivity index (χ2n) is 5.55. The average molecular weight is 339 g/mol. The van der Waals surface area contributed by atoms with Crippen LogP contribution >= 0.6 is 0 Å². The maximum atomic E-state index is 13.7. The molecule has 2 heterocycles.